The molecule has 0 bridgehead atoms. The number of hydrogen-bond donors (Lipinski definition) is 1. The van der Waals surface area contributed by atoms with Crippen molar-refractivity contribution >= 4 is 0 Å². The fourth-order valence-corrected chi connectivity index (χ4v) is 1.25. The van der Waals surface area contributed by atoms with Crippen LogP contribution in [0.5, 0.6) is 5.75 Å². The molecular weight excluding hydrogens is 176 g/mol. The normalized spacial score (nSPS) is 12.1. The van der Waals surface area contributed by atoms with Crippen LogP contribution < -0.4 is 4.74 Å². The van der Waals surface area contributed by atoms with Gasteiger partial charge >= 0.3 is 0 Å². The maximum Gasteiger partial charge on any atom is 0.119 e. The minimum absolute atomic E-state index is 0.455. The summed E-state index contributed by atoms with van der Waals surface area (Å²) in [6.45, 7) is 6.19. The van der Waals surface area contributed by atoms with Crippen molar-refractivity contribution in [3.63, 3.8) is 0 Å². The van der Waals surface area contributed by atoms with Crippen molar-refractivity contribution in [3.05, 3.63) is 42.5 Å². The van der Waals surface area contributed by atoms with E-state index < -0.39 is 6.10 Å². The first-order valence-electron chi connectivity index (χ1n) is 4.79. The highest BCUT2D eigenvalue weighted by atomic mass is 16.5. The summed E-state index contributed by atoms with van der Waals surface area (Å²) in [5.74, 6) is 0.835. The topological polar surface area (TPSA) is 29.5 Å². The van der Waals surface area contributed by atoms with Gasteiger partial charge in [0.15, 0.2) is 0 Å². The molecule has 1 unspecified atom stereocenters. The van der Waals surface area contributed by atoms with Gasteiger partial charge in [-0.05, 0) is 31.0 Å². The van der Waals surface area contributed by atoms with E-state index in [1.807, 2.05) is 31.2 Å². The second-order valence-electron chi connectivity index (χ2n) is 3.04. The Morgan fingerprint density at radius 2 is 2.07 bits per heavy atom. The van der Waals surface area contributed by atoms with E-state index in [9.17, 15) is 5.11 Å². The van der Waals surface area contributed by atoms with Crippen molar-refractivity contribution in [2.45, 2.75) is 19.4 Å². The van der Waals surface area contributed by atoms with E-state index in [4.69, 9.17) is 4.74 Å². The average Bonchev–Trinajstić information content (AvgIpc) is 2.20. The third kappa shape index (κ3) is 2.89. The van der Waals surface area contributed by atoms with Crippen LogP contribution in [0.15, 0.2) is 36.9 Å². The third-order valence-corrected chi connectivity index (χ3v) is 1.97. The summed E-state index contributed by atoms with van der Waals surface area (Å²) in [5, 5.41) is 9.63. The van der Waals surface area contributed by atoms with Crippen molar-refractivity contribution in [1.29, 1.82) is 0 Å². The van der Waals surface area contributed by atoms with Crippen molar-refractivity contribution in [2.75, 3.05) is 6.61 Å². The predicted molar refractivity (Wildman–Crippen MR) is 57.4 cm³/mol. The average molecular weight is 192 g/mol. The highest BCUT2D eigenvalue weighted by Crippen LogP contribution is 2.20. The highest BCUT2D eigenvalue weighted by molar-refractivity contribution is 5.28. The van der Waals surface area contributed by atoms with Crippen LogP contribution in [-0.2, 0) is 0 Å². The molecule has 2 heteroatoms. The SMILES string of the molecule is C=CCC(O)c1ccc(OCC)cc1. The van der Waals surface area contributed by atoms with Gasteiger partial charge in [-0.15, -0.1) is 6.58 Å². The molecule has 0 radical (unpaired) electrons. The molecule has 0 heterocycles. The number of hydrogen-bond acceptors (Lipinski definition) is 2. The van der Waals surface area contributed by atoms with Crippen molar-refractivity contribution < 1.29 is 9.84 Å². The largest absolute Gasteiger partial charge is 0.494 e. The minimum Gasteiger partial charge on any atom is -0.494 e. The lowest BCUT2D eigenvalue weighted by atomic mass is 10.1. The number of aliphatic hydroxyl groups excluding tert-OH is 1. The van der Waals surface area contributed by atoms with Crippen molar-refractivity contribution in [2.24, 2.45) is 0 Å². The molecule has 0 saturated heterocycles. The zero-order valence-electron chi connectivity index (χ0n) is 8.44. The Kier molecular flexibility index (Phi) is 4.20. The van der Waals surface area contributed by atoms with Gasteiger partial charge in [0.05, 0.1) is 12.7 Å². The standard InChI is InChI=1S/C12H16O2/c1-3-5-12(13)10-6-8-11(9-7-10)14-4-2/h3,6-9,12-13H,1,4-5H2,2H3. The number of ether oxygens (including phenoxy) is 1. The first-order valence-corrected chi connectivity index (χ1v) is 4.79. The Bertz CT molecular complexity index is 277. The van der Waals surface area contributed by atoms with Gasteiger partial charge in [-0.2, -0.15) is 0 Å². The summed E-state index contributed by atoms with van der Waals surface area (Å²) in [7, 11) is 0. The molecule has 0 spiro atoms. The Morgan fingerprint density at radius 1 is 1.43 bits per heavy atom. The zero-order chi connectivity index (χ0) is 10.4. The molecule has 1 atom stereocenters. The molecule has 1 N–H and O–H groups in total. The molecule has 1 rings (SSSR count). The predicted octanol–water partition coefficient (Wildman–Crippen LogP) is 2.69. The third-order valence-electron chi connectivity index (χ3n) is 1.97. The number of aliphatic hydroxyl groups is 1. The van der Waals surface area contributed by atoms with E-state index in [-0.39, 0.29) is 0 Å². The molecule has 14 heavy (non-hydrogen) atoms. The van der Waals surface area contributed by atoms with Crippen LogP contribution in [0.1, 0.15) is 25.0 Å². The van der Waals surface area contributed by atoms with Crippen LogP contribution in [0.25, 0.3) is 0 Å². The number of rotatable bonds is 5. The van der Waals surface area contributed by atoms with Gasteiger partial charge in [0.2, 0.25) is 0 Å². The van der Waals surface area contributed by atoms with Gasteiger partial charge in [0, 0.05) is 0 Å². The molecule has 0 aliphatic rings. The van der Waals surface area contributed by atoms with Crippen molar-refractivity contribution in [1.82, 2.24) is 0 Å². The molecule has 0 aliphatic carbocycles. The van der Waals surface area contributed by atoms with Crippen LogP contribution in [0.3, 0.4) is 0 Å². The molecule has 0 saturated carbocycles. The molecule has 0 aromatic heterocycles. The van der Waals surface area contributed by atoms with Crippen LogP contribution in [0.2, 0.25) is 0 Å². The first kappa shape index (κ1) is 10.8. The van der Waals surface area contributed by atoms with Gasteiger partial charge in [0.25, 0.3) is 0 Å². The smallest absolute Gasteiger partial charge is 0.119 e. The molecule has 0 amide bonds. The van der Waals surface area contributed by atoms with Crippen LogP contribution in [0.4, 0.5) is 0 Å². The second kappa shape index (κ2) is 5.45. The molecule has 2 nitrogen and oxygen atoms in total. The van der Waals surface area contributed by atoms with Crippen LogP contribution in [-0.4, -0.2) is 11.7 Å². The first-order chi connectivity index (χ1) is 6.77. The lowest BCUT2D eigenvalue weighted by molar-refractivity contribution is 0.181. The summed E-state index contributed by atoms with van der Waals surface area (Å²) in [4.78, 5) is 0. The van der Waals surface area contributed by atoms with E-state index in [1.165, 1.54) is 0 Å². The quantitative estimate of drug-likeness (QED) is 0.727. The van der Waals surface area contributed by atoms with Gasteiger partial charge in [-0.1, -0.05) is 18.2 Å². The van der Waals surface area contributed by atoms with Crippen molar-refractivity contribution in [3.8, 4) is 5.75 Å². The van der Waals surface area contributed by atoms with Gasteiger partial charge < -0.3 is 9.84 Å². The molecule has 1 aromatic rings. The molecular formula is C12H16O2. The lowest BCUT2D eigenvalue weighted by Crippen LogP contribution is -1.96. The van der Waals surface area contributed by atoms with E-state index >= 15 is 0 Å². The summed E-state index contributed by atoms with van der Waals surface area (Å²) >= 11 is 0. The fourth-order valence-electron chi connectivity index (χ4n) is 1.25. The fraction of sp³-hybridized carbons (Fsp3) is 0.333. The maximum atomic E-state index is 9.63. The Hall–Kier alpha value is -1.28. The number of benzene rings is 1. The second-order valence-corrected chi connectivity index (χ2v) is 3.04. The molecule has 0 fully saturated rings. The minimum atomic E-state index is -0.455. The molecule has 1 aromatic carbocycles. The Labute approximate surface area is 84.8 Å². The van der Waals surface area contributed by atoms with Gasteiger partial charge in [-0.3, -0.25) is 0 Å². The zero-order valence-corrected chi connectivity index (χ0v) is 8.44. The highest BCUT2D eigenvalue weighted by Gasteiger charge is 2.04. The lowest BCUT2D eigenvalue weighted by Gasteiger charge is -2.09. The van der Waals surface area contributed by atoms with Crippen LogP contribution in [0, 0.1) is 0 Å². The summed E-state index contributed by atoms with van der Waals surface area (Å²) in [6.07, 6.45) is 1.83. The molecule has 76 valence electrons. The summed E-state index contributed by atoms with van der Waals surface area (Å²) in [5.41, 5.74) is 0.897. The van der Waals surface area contributed by atoms with Crippen LogP contribution >= 0.6 is 0 Å². The van der Waals surface area contributed by atoms with Gasteiger partial charge in [0.1, 0.15) is 5.75 Å². The van der Waals surface area contributed by atoms with E-state index in [2.05, 4.69) is 6.58 Å². The molecule has 0 aliphatic heterocycles. The Morgan fingerprint density at radius 3 is 2.57 bits per heavy atom. The maximum absolute atomic E-state index is 9.63. The van der Waals surface area contributed by atoms with E-state index in [0.717, 1.165) is 11.3 Å². The summed E-state index contributed by atoms with van der Waals surface area (Å²) < 4.78 is 5.30. The van der Waals surface area contributed by atoms with E-state index in [1.54, 1.807) is 6.08 Å². The van der Waals surface area contributed by atoms with Gasteiger partial charge in [-0.25, -0.2) is 0 Å². The Balaban J connectivity index is 2.67. The summed E-state index contributed by atoms with van der Waals surface area (Å²) in [6, 6.07) is 7.48. The van der Waals surface area contributed by atoms with E-state index in [0.29, 0.717) is 13.0 Å². The monoisotopic (exact) mass is 192 g/mol.